The number of hydrogen-bond donors (Lipinski definition) is 1. The molecule has 1 saturated heterocycles. The van der Waals surface area contributed by atoms with Crippen molar-refractivity contribution >= 4 is 12.4 Å². The zero-order valence-electron chi connectivity index (χ0n) is 8.53. The van der Waals surface area contributed by atoms with Crippen LogP contribution in [-0.2, 0) is 6.54 Å². The SMILES string of the molecule is Cl.NC1CCN(Cc2cccc(F)c2)C1. The van der Waals surface area contributed by atoms with E-state index in [-0.39, 0.29) is 18.2 Å². The Morgan fingerprint density at radius 3 is 2.87 bits per heavy atom. The molecule has 1 unspecified atom stereocenters. The molecule has 1 aliphatic rings. The van der Waals surface area contributed by atoms with Crippen LogP contribution in [-0.4, -0.2) is 24.0 Å². The van der Waals surface area contributed by atoms with Crippen LogP contribution in [0, 0.1) is 5.82 Å². The molecule has 0 aromatic heterocycles. The van der Waals surface area contributed by atoms with E-state index in [0.29, 0.717) is 6.04 Å². The topological polar surface area (TPSA) is 29.3 Å². The van der Waals surface area contributed by atoms with E-state index in [4.69, 9.17) is 5.73 Å². The number of nitrogens with two attached hydrogens (primary N) is 1. The van der Waals surface area contributed by atoms with Crippen molar-refractivity contribution in [3.8, 4) is 0 Å². The highest BCUT2D eigenvalue weighted by Crippen LogP contribution is 2.12. The van der Waals surface area contributed by atoms with Crippen molar-refractivity contribution in [1.82, 2.24) is 4.90 Å². The van der Waals surface area contributed by atoms with Gasteiger partial charge < -0.3 is 5.73 Å². The predicted molar refractivity (Wildman–Crippen MR) is 61.5 cm³/mol. The van der Waals surface area contributed by atoms with E-state index in [9.17, 15) is 4.39 Å². The average Bonchev–Trinajstić information content (AvgIpc) is 2.51. The summed E-state index contributed by atoms with van der Waals surface area (Å²) in [7, 11) is 0. The molecule has 2 nitrogen and oxygen atoms in total. The smallest absolute Gasteiger partial charge is 0.123 e. The first kappa shape index (κ1) is 12.4. The molecule has 1 aromatic rings. The summed E-state index contributed by atoms with van der Waals surface area (Å²) in [5, 5.41) is 0. The van der Waals surface area contributed by atoms with Gasteiger partial charge in [-0.2, -0.15) is 0 Å². The van der Waals surface area contributed by atoms with E-state index in [1.54, 1.807) is 12.1 Å². The van der Waals surface area contributed by atoms with Crippen molar-refractivity contribution < 1.29 is 4.39 Å². The maximum Gasteiger partial charge on any atom is 0.123 e. The molecule has 0 aliphatic carbocycles. The lowest BCUT2D eigenvalue weighted by Crippen LogP contribution is -2.26. The molecule has 0 radical (unpaired) electrons. The molecule has 1 heterocycles. The minimum Gasteiger partial charge on any atom is -0.326 e. The van der Waals surface area contributed by atoms with Crippen LogP contribution in [0.25, 0.3) is 0 Å². The standard InChI is InChI=1S/C11H15FN2.ClH/c12-10-3-1-2-9(6-10)7-14-5-4-11(13)8-14;/h1-3,6,11H,4-5,7-8,13H2;1H. The molecule has 1 atom stereocenters. The van der Waals surface area contributed by atoms with Crippen LogP contribution in [0.4, 0.5) is 4.39 Å². The maximum atomic E-state index is 12.9. The van der Waals surface area contributed by atoms with Crippen molar-refractivity contribution in [2.45, 2.75) is 19.0 Å². The Morgan fingerprint density at radius 1 is 1.47 bits per heavy atom. The van der Waals surface area contributed by atoms with Crippen LogP contribution in [0.3, 0.4) is 0 Å². The van der Waals surface area contributed by atoms with Gasteiger partial charge in [-0.25, -0.2) is 4.39 Å². The summed E-state index contributed by atoms with van der Waals surface area (Å²) in [6.45, 7) is 2.76. The van der Waals surface area contributed by atoms with Crippen LogP contribution < -0.4 is 5.73 Å². The third-order valence-electron chi connectivity index (χ3n) is 2.60. The van der Waals surface area contributed by atoms with Gasteiger partial charge in [-0.05, 0) is 24.1 Å². The van der Waals surface area contributed by atoms with E-state index >= 15 is 0 Å². The first-order valence-corrected chi connectivity index (χ1v) is 4.96. The highest BCUT2D eigenvalue weighted by molar-refractivity contribution is 5.85. The molecule has 0 saturated carbocycles. The van der Waals surface area contributed by atoms with Gasteiger partial charge in [0.2, 0.25) is 0 Å². The van der Waals surface area contributed by atoms with E-state index < -0.39 is 0 Å². The molecule has 0 amide bonds. The Bertz CT molecular complexity index is 319. The van der Waals surface area contributed by atoms with Crippen molar-refractivity contribution in [3.63, 3.8) is 0 Å². The van der Waals surface area contributed by atoms with E-state index in [0.717, 1.165) is 31.6 Å². The molecule has 0 bridgehead atoms. The molecule has 4 heteroatoms. The lowest BCUT2D eigenvalue weighted by Gasteiger charge is -2.14. The van der Waals surface area contributed by atoms with Crippen molar-refractivity contribution in [1.29, 1.82) is 0 Å². The summed E-state index contributed by atoms with van der Waals surface area (Å²) < 4.78 is 12.9. The van der Waals surface area contributed by atoms with Gasteiger partial charge in [-0.1, -0.05) is 12.1 Å². The number of rotatable bonds is 2. The van der Waals surface area contributed by atoms with E-state index in [2.05, 4.69) is 4.90 Å². The Balaban J connectivity index is 0.00000112. The highest BCUT2D eigenvalue weighted by atomic mass is 35.5. The molecule has 2 N–H and O–H groups in total. The van der Waals surface area contributed by atoms with E-state index in [1.807, 2.05) is 6.07 Å². The number of benzene rings is 1. The van der Waals surface area contributed by atoms with Gasteiger partial charge in [0.05, 0.1) is 0 Å². The Labute approximate surface area is 95.7 Å². The van der Waals surface area contributed by atoms with Gasteiger partial charge in [-0.15, -0.1) is 12.4 Å². The Kier molecular flexibility index (Phi) is 4.51. The third kappa shape index (κ3) is 3.45. The molecule has 15 heavy (non-hydrogen) atoms. The summed E-state index contributed by atoms with van der Waals surface area (Å²) in [6, 6.07) is 7.06. The molecule has 1 aliphatic heterocycles. The second kappa shape index (κ2) is 5.45. The average molecular weight is 231 g/mol. The molecular formula is C11H16ClFN2. The fraction of sp³-hybridized carbons (Fsp3) is 0.455. The summed E-state index contributed by atoms with van der Waals surface area (Å²) in [5.41, 5.74) is 6.82. The predicted octanol–water partition coefficient (Wildman–Crippen LogP) is 1.78. The number of hydrogen-bond acceptors (Lipinski definition) is 2. The molecular weight excluding hydrogens is 215 g/mol. The van der Waals surface area contributed by atoms with Crippen LogP contribution in [0.2, 0.25) is 0 Å². The quantitative estimate of drug-likeness (QED) is 0.839. The third-order valence-corrected chi connectivity index (χ3v) is 2.60. The van der Waals surface area contributed by atoms with Crippen LogP contribution in [0.5, 0.6) is 0 Å². The van der Waals surface area contributed by atoms with Crippen LogP contribution >= 0.6 is 12.4 Å². The molecule has 1 fully saturated rings. The summed E-state index contributed by atoms with van der Waals surface area (Å²) in [4.78, 5) is 2.26. The van der Waals surface area contributed by atoms with Gasteiger partial charge in [0.1, 0.15) is 5.82 Å². The maximum absolute atomic E-state index is 12.9. The first-order valence-electron chi connectivity index (χ1n) is 4.96. The van der Waals surface area contributed by atoms with Crippen LogP contribution in [0.15, 0.2) is 24.3 Å². The highest BCUT2D eigenvalue weighted by Gasteiger charge is 2.18. The Hall–Kier alpha value is -0.640. The van der Waals surface area contributed by atoms with Crippen molar-refractivity contribution in [2.24, 2.45) is 5.73 Å². The van der Waals surface area contributed by atoms with Crippen molar-refractivity contribution in [3.05, 3.63) is 35.6 Å². The number of likely N-dealkylation sites (tertiary alicyclic amines) is 1. The molecule has 0 spiro atoms. The number of halogens is 2. The zero-order chi connectivity index (χ0) is 9.97. The zero-order valence-corrected chi connectivity index (χ0v) is 9.34. The fourth-order valence-electron chi connectivity index (χ4n) is 1.90. The summed E-state index contributed by atoms with van der Waals surface area (Å²) in [6.07, 6.45) is 1.05. The molecule has 84 valence electrons. The summed E-state index contributed by atoms with van der Waals surface area (Å²) >= 11 is 0. The van der Waals surface area contributed by atoms with Gasteiger partial charge in [0.15, 0.2) is 0 Å². The van der Waals surface area contributed by atoms with Crippen molar-refractivity contribution in [2.75, 3.05) is 13.1 Å². The van der Waals surface area contributed by atoms with Gasteiger partial charge in [0, 0.05) is 25.7 Å². The minimum absolute atomic E-state index is 0. The van der Waals surface area contributed by atoms with Gasteiger partial charge in [-0.3, -0.25) is 4.90 Å². The Morgan fingerprint density at radius 2 is 2.27 bits per heavy atom. The monoisotopic (exact) mass is 230 g/mol. The molecule has 2 rings (SSSR count). The second-order valence-corrected chi connectivity index (χ2v) is 3.91. The largest absolute Gasteiger partial charge is 0.326 e. The van der Waals surface area contributed by atoms with E-state index in [1.165, 1.54) is 6.07 Å². The van der Waals surface area contributed by atoms with Gasteiger partial charge in [0.25, 0.3) is 0 Å². The van der Waals surface area contributed by atoms with Crippen LogP contribution in [0.1, 0.15) is 12.0 Å². The number of nitrogens with zero attached hydrogens (tertiary/aromatic N) is 1. The lowest BCUT2D eigenvalue weighted by atomic mass is 10.2. The van der Waals surface area contributed by atoms with Gasteiger partial charge >= 0.3 is 0 Å². The minimum atomic E-state index is -0.161. The molecule has 1 aromatic carbocycles. The fourth-order valence-corrected chi connectivity index (χ4v) is 1.90. The summed E-state index contributed by atoms with van der Waals surface area (Å²) in [5.74, 6) is -0.161. The lowest BCUT2D eigenvalue weighted by molar-refractivity contribution is 0.326. The second-order valence-electron chi connectivity index (χ2n) is 3.91. The normalized spacial score (nSPS) is 21.3. The first-order chi connectivity index (χ1) is 6.74.